The molecular formula is C24H27NO6. The van der Waals surface area contributed by atoms with Gasteiger partial charge in [-0.15, -0.1) is 0 Å². The second-order valence-corrected chi connectivity index (χ2v) is 7.40. The molecule has 0 spiro atoms. The number of carbonyl (C=O) groups is 2. The number of ether oxygens (including phenoxy) is 4. The first-order valence-electron chi connectivity index (χ1n) is 10.1. The van der Waals surface area contributed by atoms with E-state index in [0.29, 0.717) is 35.8 Å². The van der Waals surface area contributed by atoms with E-state index < -0.39 is 23.6 Å². The molecule has 31 heavy (non-hydrogen) atoms. The Morgan fingerprint density at radius 2 is 1.90 bits per heavy atom. The number of carbonyl (C=O) groups excluding carboxylic acids is 2. The molecule has 0 amide bonds. The van der Waals surface area contributed by atoms with Gasteiger partial charge in [0.1, 0.15) is 17.2 Å². The Labute approximate surface area is 181 Å². The van der Waals surface area contributed by atoms with Gasteiger partial charge in [0.15, 0.2) is 5.54 Å². The van der Waals surface area contributed by atoms with E-state index in [1.165, 1.54) is 7.11 Å². The SMILES string of the molecule is C=CC(=O)OC(=O)C1(c2ccccc2Oc2cccc(OC(C)C)c2)NCCC1OC. The van der Waals surface area contributed by atoms with Crippen molar-refractivity contribution < 1.29 is 28.5 Å². The Hall–Kier alpha value is -3.16. The van der Waals surface area contributed by atoms with E-state index >= 15 is 0 Å². The fourth-order valence-electron chi connectivity index (χ4n) is 3.71. The van der Waals surface area contributed by atoms with Crippen LogP contribution in [0, 0.1) is 0 Å². The highest BCUT2D eigenvalue weighted by Gasteiger charge is 2.54. The van der Waals surface area contributed by atoms with Crippen molar-refractivity contribution in [3.05, 3.63) is 66.7 Å². The van der Waals surface area contributed by atoms with Gasteiger partial charge >= 0.3 is 11.9 Å². The summed E-state index contributed by atoms with van der Waals surface area (Å²) in [5.74, 6) is 0.0518. The summed E-state index contributed by atoms with van der Waals surface area (Å²) in [4.78, 5) is 25.0. The summed E-state index contributed by atoms with van der Waals surface area (Å²) in [5, 5.41) is 3.19. The molecule has 1 aliphatic rings. The molecular weight excluding hydrogens is 398 g/mol. The van der Waals surface area contributed by atoms with E-state index in [0.717, 1.165) is 6.08 Å². The predicted molar refractivity (Wildman–Crippen MR) is 115 cm³/mol. The van der Waals surface area contributed by atoms with E-state index in [4.69, 9.17) is 18.9 Å². The van der Waals surface area contributed by atoms with Crippen LogP contribution in [0.15, 0.2) is 61.2 Å². The Morgan fingerprint density at radius 1 is 1.16 bits per heavy atom. The number of methoxy groups -OCH3 is 1. The zero-order valence-electron chi connectivity index (χ0n) is 17.9. The molecule has 7 nitrogen and oxygen atoms in total. The first-order chi connectivity index (χ1) is 14.9. The van der Waals surface area contributed by atoms with Crippen LogP contribution in [0.1, 0.15) is 25.8 Å². The van der Waals surface area contributed by atoms with Crippen molar-refractivity contribution in [3.63, 3.8) is 0 Å². The number of rotatable bonds is 8. The molecule has 1 saturated heterocycles. The van der Waals surface area contributed by atoms with Gasteiger partial charge in [0.05, 0.1) is 12.2 Å². The molecule has 1 aliphatic heterocycles. The van der Waals surface area contributed by atoms with Crippen LogP contribution in [0.2, 0.25) is 0 Å². The first-order valence-corrected chi connectivity index (χ1v) is 10.1. The zero-order chi connectivity index (χ0) is 22.4. The molecule has 164 valence electrons. The maximum atomic E-state index is 13.2. The first kappa shape index (κ1) is 22.5. The summed E-state index contributed by atoms with van der Waals surface area (Å²) >= 11 is 0. The second kappa shape index (κ2) is 9.76. The normalized spacial score (nSPS) is 20.3. The molecule has 0 aromatic heterocycles. The fourth-order valence-corrected chi connectivity index (χ4v) is 3.71. The maximum Gasteiger partial charge on any atom is 0.341 e. The van der Waals surface area contributed by atoms with Crippen LogP contribution in [0.25, 0.3) is 0 Å². The number of esters is 2. The van der Waals surface area contributed by atoms with Crippen LogP contribution in [-0.4, -0.2) is 37.8 Å². The molecule has 0 radical (unpaired) electrons. The van der Waals surface area contributed by atoms with Gasteiger partial charge in [-0.1, -0.05) is 30.8 Å². The minimum absolute atomic E-state index is 0.0214. The van der Waals surface area contributed by atoms with Crippen molar-refractivity contribution in [2.24, 2.45) is 0 Å². The van der Waals surface area contributed by atoms with Crippen molar-refractivity contribution in [2.75, 3.05) is 13.7 Å². The molecule has 0 saturated carbocycles. The zero-order valence-corrected chi connectivity index (χ0v) is 17.9. The molecule has 1 fully saturated rings. The van der Waals surface area contributed by atoms with Gasteiger partial charge in [-0.25, -0.2) is 9.59 Å². The minimum Gasteiger partial charge on any atom is -0.491 e. The van der Waals surface area contributed by atoms with Gasteiger partial charge in [-0.05, 0) is 45.0 Å². The highest BCUT2D eigenvalue weighted by Crippen LogP contribution is 2.41. The van der Waals surface area contributed by atoms with Gasteiger partial charge in [0, 0.05) is 24.8 Å². The minimum atomic E-state index is -1.41. The molecule has 0 bridgehead atoms. The molecule has 2 atom stereocenters. The highest BCUT2D eigenvalue weighted by atomic mass is 16.6. The lowest BCUT2D eigenvalue weighted by atomic mass is 9.85. The molecule has 3 rings (SSSR count). The average Bonchev–Trinajstić information content (AvgIpc) is 3.19. The lowest BCUT2D eigenvalue weighted by Crippen LogP contribution is -2.53. The summed E-state index contributed by atoms with van der Waals surface area (Å²) in [6.45, 7) is 7.75. The number of hydrogen-bond acceptors (Lipinski definition) is 7. The largest absolute Gasteiger partial charge is 0.491 e. The van der Waals surface area contributed by atoms with Crippen LogP contribution in [0.5, 0.6) is 17.2 Å². The smallest absolute Gasteiger partial charge is 0.341 e. The summed E-state index contributed by atoms with van der Waals surface area (Å²) in [6.07, 6.45) is 0.969. The molecule has 7 heteroatoms. The third-order valence-electron chi connectivity index (χ3n) is 4.98. The predicted octanol–water partition coefficient (Wildman–Crippen LogP) is 3.73. The van der Waals surface area contributed by atoms with E-state index in [9.17, 15) is 9.59 Å². The number of nitrogens with one attached hydrogen (secondary N) is 1. The Balaban J connectivity index is 2.02. The van der Waals surface area contributed by atoms with Gasteiger partial charge < -0.3 is 18.9 Å². The van der Waals surface area contributed by atoms with Crippen molar-refractivity contribution in [1.82, 2.24) is 5.32 Å². The number of para-hydroxylation sites is 1. The van der Waals surface area contributed by atoms with Crippen molar-refractivity contribution in [2.45, 2.75) is 38.0 Å². The fraction of sp³-hybridized carbons (Fsp3) is 0.333. The standard InChI is InChI=1S/C24H27NO6/c1-5-22(26)31-23(27)24(21(28-4)13-14-25-24)19-11-6-7-12-20(19)30-18-10-8-9-17(15-18)29-16(2)3/h5-12,15-16,21,25H,1,13-14H2,2-4H3. The van der Waals surface area contributed by atoms with Gasteiger partial charge in [0.2, 0.25) is 0 Å². The van der Waals surface area contributed by atoms with Crippen LogP contribution >= 0.6 is 0 Å². The molecule has 2 aromatic rings. The molecule has 2 unspecified atom stereocenters. The van der Waals surface area contributed by atoms with Crippen LogP contribution in [0.3, 0.4) is 0 Å². The molecule has 1 heterocycles. The monoisotopic (exact) mass is 425 g/mol. The maximum absolute atomic E-state index is 13.2. The van der Waals surface area contributed by atoms with Crippen LogP contribution in [-0.2, 0) is 24.6 Å². The number of hydrogen-bond donors (Lipinski definition) is 1. The second-order valence-electron chi connectivity index (χ2n) is 7.40. The molecule has 1 N–H and O–H groups in total. The van der Waals surface area contributed by atoms with E-state index in [-0.39, 0.29) is 6.10 Å². The lowest BCUT2D eigenvalue weighted by molar-refractivity contribution is -0.165. The van der Waals surface area contributed by atoms with Crippen molar-refractivity contribution >= 4 is 11.9 Å². The molecule has 0 aliphatic carbocycles. The highest BCUT2D eigenvalue weighted by molar-refractivity contribution is 5.97. The average molecular weight is 425 g/mol. The topological polar surface area (TPSA) is 83.1 Å². The summed E-state index contributed by atoms with van der Waals surface area (Å²) < 4.78 is 22.5. The Morgan fingerprint density at radius 3 is 2.61 bits per heavy atom. The lowest BCUT2D eigenvalue weighted by Gasteiger charge is -2.33. The summed E-state index contributed by atoms with van der Waals surface area (Å²) in [7, 11) is 1.52. The van der Waals surface area contributed by atoms with E-state index in [2.05, 4.69) is 11.9 Å². The summed E-state index contributed by atoms with van der Waals surface area (Å²) in [6, 6.07) is 14.4. The van der Waals surface area contributed by atoms with E-state index in [1.54, 1.807) is 36.4 Å². The summed E-state index contributed by atoms with van der Waals surface area (Å²) in [5.41, 5.74) is -0.896. The third kappa shape index (κ3) is 4.78. The van der Waals surface area contributed by atoms with Crippen molar-refractivity contribution in [3.8, 4) is 17.2 Å². The Bertz CT molecular complexity index is 957. The van der Waals surface area contributed by atoms with E-state index in [1.807, 2.05) is 26.0 Å². The van der Waals surface area contributed by atoms with Gasteiger partial charge in [-0.2, -0.15) is 0 Å². The quantitative estimate of drug-likeness (QED) is 0.392. The van der Waals surface area contributed by atoms with Crippen LogP contribution in [0.4, 0.5) is 0 Å². The van der Waals surface area contributed by atoms with Gasteiger partial charge in [-0.3, -0.25) is 5.32 Å². The third-order valence-corrected chi connectivity index (χ3v) is 4.98. The Kier molecular flexibility index (Phi) is 7.09. The number of benzene rings is 2. The van der Waals surface area contributed by atoms with Gasteiger partial charge in [0.25, 0.3) is 0 Å². The van der Waals surface area contributed by atoms with Crippen molar-refractivity contribution in [1.29, 1.82) is 0 Å². The van der Waals surface area contributed by atoms with Crippen LogP contribution < -0.4 is 14.8 Å². The molecule has 2 aromatic carbocycles.